The Bertz CT molecular complexity index is 2150. The van der Waals surface area contributed by atoms with E-state index in [0.717, 1.165) is 27.5 Å². The van der Waals surface area contributed by atoms with E-state index < -0.39 is 62.9 Å². The number of fused-ring (bicyclic) bond motifs is 4. The molecule has 258 valence electrons. The molecule has 2 aliphatic heterocycles. The summed E-state index contributed by atoms with van der Waals surface area (Å²) >= 11 is 20.9. The van der Waals surface area contributed by atoms with Gasteiger partial charge in [-0.15, -0.1) is 23.2 Å². The molecule has 51 heavy (non-hydrogen) atoms. The number of imide groups is 2. The number of alkyl halides is 2. The first-order valence-corrected chi connectivity index (χ1v) is 17.4. The van der Waals surface area contributed by atoms with E-state index in [9.17, 15) is 28.7 Å². The summed E-state index contributed by atoms with van der Waals surface area (Å²) in [6, 6.07) is 25.1. The molecule has 4 aromatic carbocycles. The quantitative estimate of drug-likeness (QED) is 0.124. The van der Waals surface area contributed by atoms with Crippen molar-refractivity contribution in [2.45, 2.75) is 35.1 Å². The minimum absolute atomic E-state index is 0.0596. The zero-order chi connectivity index (χ0) is 35.8. The monoisotopic (exact) mass is 744 g/mol. The first-order chi connectivity index (χ1) is 24.4. The minimum atomic E-state index is -2.19. The maximum Gasteiger partial charge on any atom is 0.258 e. The van der Waals surface area contributed by atoms with Crippen LogP contribution in [-0.2, 0) is 25.8 Å². The molecule has 0 radical (unpaired) electrons. The minimum Gasteiger partial charge on any atom is -0.508 e. The number of nitrogens with zero attached hydrogens (tertiary/aromatic N) is 2. The van der Waals surface area contributed by atoms with E-state index in [0.29, 0.717) is 22.0 Å². The Morgan fingerprint density at radius 3 is 2.16 bits per heavy atom. The number of halogens is 4. The summed E-state index contributed by atoms with van der Waals surface area (Å²) in [5.41, 5.74) is 2.01. The van der Waals surface area contributed by atoms with E-state index in [4.69, 9.17) is 39.5 Å². The fourth-order valence-corrected chi connectivity index (χ4v) is 9.24. The Morgan fingerprint density at radius 2 is 1.47 bits per heavy atom. The zero-order valence-corrected chi connectivity index (χ0v) is 28.9. The van der Waals surface area contributed by atoms with Crippen molar-refractivity contribution in [3.8, 4) is 11.5 Å². The van der Waals surface area contributed by atoms with E-state index >= 15 is 0 Å². The molecule has 0 bridgehead atoms. The van der Waals surface area contributed by atoms with Crippen molar-refractivity contribution < 1.29 is 33.4 Å². The van der Waals surface area contributed by atoms with Crippen LogP contribution >= 0.6 is 34.8 Å². The number of phenols is 1. The van der Waals surface area contributed by atoms with Crippen LogP contribution < -0.4 is 14.5 Å². The second-order valence-electron chi connectivity index (χ2n) is 13.2. The number of aromatic hydroxyl groups is 1. The number of hydrogen-bond donors (Lipinski definition) is 1. The van der Waals surface area contributed by atoms with Crippen LogP contribution in [0.1, 0.15) is 29.9 Å². The van der Waals surface area contributed by atoms with Gasteiger partial charge in [-0.1, -0.05) is 59.6 Å². The molecule has 2 aliphatic carbocycles. The summed E-state index contributed by atoms with van der Waals surface area (Å²) in [6.07, 6.45) is 1.67. The molecule has 4 aliphatic rings. The van der Waals surface area contributed by atoms with E-state index in [1.54, 1.807) is 42.5 Å². The van der Waals surface area contributed by atoms with Crippen LogP contribution in [0.5, 0.6) is 11.5 Å². The summed E-state index contributed by atoms with van der Waals surface area (Å²) in [7, 11) is 0. The van der Waals surface area contributed by atoms with Gasteiger partial charge in [0.15, 0.2) is 9.75 Å². The Labute approximate surface area is 307 Å². The highest BCUT2D eigenvalue weighted by molar-refractivity contribution is 6.58. The molecule has 8 nitrogen and oxygen atoms in total. The Morgan fingerprint density at radius 1 is 0.804 bits per heavy atom. The fourth-order valence-electron chi connectivity index (χ4n) is 8.19. The summed E-state index contributed by atoms with van der Waals surface area (Å²) in [4.78, 5) is 54.8. The lowest BCUT2D eigenvalue weighted by Crippen LogP contribution is -2.60. The van der Waals surface area contributed by atoms with Gasteiger partial charge in [0.1, 0.15) is 23.9 Å². The number of benzene rings is 4. The SMILES string of the molecule is O=C1[C@H]2[C@H](CC=C3[C@H]2C[C@@]2(Cl)C(=O)N(c4ccc(F)cc4)C(=O)[C@@]2(Cl)[C@H]3c2ccc(OCc3ccccc3)cc2O)C(=O)N1c1ccc(Cl)cc1. The Balaban J connectivity index is 1.24. The third-order valence-electron chi connectivity index (χ3n) is 10.5. The Kier molecular flexibility index (Phi) is 8.01. The highest BCUT2D eigenvalue weighted by atomic mass is 35.5. The molecule has 2 saturated heterocycles. The number of phenolic OH excluding ortho intramolecular Hbond substituents is 1. The maximum absolute atomic E-state index is 14.6. The topological polar surface area (TPSA) is 104 Å². The number of anilines is 2. The zero-order valence-electron chi connectivity index (χ0n) is 26.6. The van der Waals surface area contributed by atoms with Gasteiger partial charge in [-0.2, -0.15) is 0 Å². The van der Waals surface area contributed by atoms with Crippen LogP contribution in [0.2, 0.25) is 5.02 Å². The van der Waals surface area contributed by atoms with Gasteiger partial charge in [0.25, 0.3) is 11.8 Å². The number of allylic oxidation sites excluding steroid dienone is 2. The van der Waals surface area contributed by atoms with Crippen molar-refractivity contribution in [1.82, 2.24) is 0 Å². The molecular formula is C39H28Cl3FN2O6. The van der Waals surface area contributed by atoms with Crippen LogP contribution in [0.4, 0.5) is 15.8 Å². The third-order valence-corrected chi connectivity index (χ3v) is 12.2. The van der Waals surface area contributed by atoms with E-state index in [1.807, 2.05) is 30.3 Å². The van der Waals surface area contributed by atoms with Crippen molar-refractivity contribution in [1.29, 1.82) is 0 Å². The summed E-state index contributed by atoms with van der Waals surface area (Å²) in [6.45, 7) is 0.226. The molecule has 6 atom stereocenters. The van der Waals surface area contributed by atoms with Crippen LogP contribution in [0.3, 0.4) is 0 Å². The lowest BCUT2D eigenvalue weighted by Gasteiger charge is -2.50. The maximum atomic E-state index is 14.6. The molecule has 2 heterocycles. The van der Waals surface area contributed by atoms with Gasteiger partial charge in [0, 0.05) is 22.6 Å². The molecule has 0 unspecified atom stereocenters. The molecule has 0 spiro atoms. The number of carbonyl (C=O) groups is 4. The smallest absolute Gasteiger partial charge is 0.258 e. The van der Waals surface area contributed by atoms with Crippen molar-refractivity contribution in [2.75, 3.05) is 9.80 Å². The summed E-state index contributed by atoms with van der Waals surface area (Å²) < 4.78 is 19.9. The lowest BCUT2D eigenvalue weighted by atomic mass is 9.56. The van der Waals surface area contributed by atoms with Crippen LogP contribution in [0, 0.1) is 23.6 Å². The van der Waals surface area contributed by atoms with Crippen molar-refractivity contribution in [3.63, 3.8) is 0 Å². The number of hydrogen-bond acceptors (Lipinski definition) is 6. The molecular weight excluding hydrogens is 718 g/mol. The van der Waals surface area contributed by atoms with Gasteiger partial charge >= 0.3 is 0 Å². The highest BCUT2D eigenvalue weighted by Crippen LogP contribution is 2.66. The molecule has 4 amide bonds. The van der Waals surface area contributed by atoms with Crippen LogP contribution in [-0.4, -0.2) is 38.5 Å². The highest BCUT2D eigenvalue weighted by Gasteiger charge is 2.77. The van der Waals surface area contributed by atoms with Gasteiger partial charge in [0.2, 0.25) is 11.8 Å². The lowest BCUT2D eigenvalue weighted by molar-refractivity contribution is -0.125. The number of amides is 4. The van der Waals surface area contributed by atoms with Crippen molar-refractivity contribution in [3.05, 3.63) is 131 Å². The number of carbonyl (C=O) groups excluding carboxylic acids is 4. The van der Waals surface area contributed by atoms with E-state index in [2.05, 4.69) is 0 Å². The van der Waals surface area contributed by atoms with Crippen molar-refractivity contribution >= 4 is 69.8 Å². The normalized spacial score (nSPS) is 28.4. The van der Waals surface area contributed by atoms with Gasteiger partial charge in [-0.05, 0) is 78.9 Å². The number of rotatable bonds is 6. The molecule has 8 rings (SSSR count). The van der Waals surface area contributed by atoms with Crippen LogP contribution in [0.15, 0.2) is 109 Å². The molecule has 12 heteroatoms. The van der Waals surface area contributed by atoms with Gasteiger partial charge in [-0.25, -0.2) is 9.29 Å². The third kappa shape index (κ3) is 5.00. The largest absolute Gasteiger partial charge is 0.508 e. The second kappa shape index (κ2) is 12.2. The molecule has 1 saturated carbocycles. The predicted molar refractivity (Wildman–Crippen MR) is 189 cm³/mol. The van der Waals surface area contributed by atoms with Gasteiger partial charge in [0.05, 0.1) is 23.2 Å². The van der Waals surface area contributed by atoms with Gasteiger partial charge in [-0.3, -0.25) is 24.1 Å². The fraction of sp³-hybridized carbons (Fsp3) is 0.231. The van der Waals surface area contributed by atoms with Gasteiger partial charge < -0.3 is 9.84 Å². The molecule has 0 aromatic heterocycles. The summed E-state index contributed by atoms with van der Waals surface area (Å²) in [5, 5.41) is 12.0. The van der Waals surface area contributed by atoms with E-state index in [-0.39, 0.29) is 36.4 Å². The van der Waals surface area contributed by atoms with Crippen LogP contribution in [0.25, 0.3) is 0 Å². The Hall–Kier alpha value is -4.70. The molecule has 4 aromatic rings. The molecule has 1 N–H and O–H groups in total. The molecule has 3 fully saturated rings. The van der Waals surface area contributed by atoms with E-state index in [1.165, 1.54) is 18.2 Å². The first kappa shape index (κ1) is 33.4. The standard InChI is InChI=1S/C39H28Cl3FN2O6/c40-22-6-10-24(11-7-22)44-34(47)29-17-16-27-30(32(29)35(44)48)19-38(41)36(49)45(25-12-8-23(43)9-13-25)37(50)39(38,42)33(27)28-15-14-26(18-31(28)46)51-20-21-4-2-1-3-5-21/h1-16,18,29-30,32-33,46H,17,19-20H2/t29-,30+,32-,33+,38+,39-/m0/s1. The van der Waals surface area contributed by atoms with Crippen molar-refractivity contribution in [2.24, 2.45) is 17.8 Å². The number of ether oxygens (including phenoxy) is 1. The predicted octanol–water partition coefficient (Wildman–Crippen LogP) is 7.53. The average Bonchev–Trinajstić information content (AvgIpc) is 3.46. The first-order valence-electron chi connectivity index (χ1n) is 16.3. The average molecular weight is 746 g/mol. The summed E-state index contributed by atoms with van der Waals surface area (Å²) in [5.74, 6) is -6.85. The second-order valence-corrected chi connectivity index (χ2v) is 14.9.